The second-order valence-corrected chi connectivity index (χ2v) is 4.85. The van der Waals surface area contributed by atoms with Gasteiger partial charge in [0.1, 0.15) is 0 Å². The van der Waals surface area contributed by atoms with E-state index in [1.807, 2.05) is 6.07 Å². The molecular formula is C12H15BrN2O2. The number of hydrogen-bond acceptors (Lipinski definition) is 4. The molecule has 1 aliphatic heterocycles. The first-order valence-corrected chi connectivity index (χ1v) is 6.59. The van der Waals surface area contributed by atoms with E-state index in [9.17, 15) is 4.79 Å². The summed E-state index contributed by atoms with van der Waals surface area (Å²) in [4.78, 5) is 18.2. The van der Waals surface area contributed by atoms with E-state index in [0.717, 1.165) is 36.1 Å². The zero-order valence-electron chi connectivity index (χ0n) is 9.78. The number of hydrogen-bond donors (Lipinski definition) is 0. The molecule has 0 radical (unpaired) electrons. The predicted molar refractivity (Wildman–Crippen MR) is 69.3 cm³/mol. The maximum Gasteiger partial charge on any atom is 0.359 e. The number of esters is 1. The van der Waals surface area contributed by atoms with E-state index < -0.39 is 0 Å². The maximum atomic E-state index is 11.8. The molecule has 4 nitrogen and oxygen atoms in total. The number of anilines is 1. The highest BCUT2D eigenvalue weighted by atomic mass is 79.9. The van der Waals surface area contributed by atoms with Crippen molar-refractivity contribution in [2.45, 2.75) is 19.8 Å². The SMILES string of the molecule is CCOC(=O)c1ncc(Br)cc1N1CCCC1. The van der Waals surface area contributed by atoms with Gasteiger partial charge in [0.05, 0.1) is 12.3 Å². The summed E-state index contributed by atoms with van der Waals surface area (Å²) in [5.41, 5.74) is 1.28. The zero-order chi connectivity index (χ0) is 12.3. The van der Waals surface area contributed by atoms with Crippen LogP contribution in [0, 0.1) is 0 Å². The van der Waals surface area contributed by atoms with Gasteiger partial charge in [0.15, 0.2) is 5.69 Å². The molecule has 17 heavy (non-hydrogen) atoms. The Morgan fingerprint density at radius 1 is 1.53 bits per heavy atom. The smallest absolute Gasteiger partial charge is 0.359 e. The predicted octanol–water partition coefficient (Wildman–Crippen LogP) is 2.62. The minimum Gasteiger partial charge on any atom is -0.461 e. The average Bonchev–Trinajstić information content (AvgIpc) is 2.82. The number of carbonyl (C=O) groups excluding carboxylic acids is 1. The Kier molecular flexibility index (Phi) is 3.99. The van der Waals surface area contributed by atoms with Gasteiger partial charge < -0.3 is 9.64 Å². The molecule has 0 amide bonds. The van der Waals surface area contributed by atoms with Crippen molar-refractivity contribution < 1.29 is 9.53 Å². The number of aromatic nitrogens is 1. The van der Waals surface area contributed by atoms with Crippen LogP contribution in [0.4, 0.5) is 5.69 Å². The van der Waals surface area contributed by atoms with Gasteiger partial charge in [0.2, 0.25) is 0 Å². The van der Waals surface area contributed by atoms with Gasteiger partial charge in [-0.3, -0.25) is 0 Å². The summed E-state index contributed by atoms with van der Waals surface area (Å²) >= 11 is 3.39. The normalized spacial score (nSPS) is 15.1. The highest BCUT2D eigenvalue weighted by Gasteiger charge is 2.21. The third-order valence-corrected chi connectivity index (χ3v) is 3.18. The monoisotopic (exact) mass is 298 g/mol. The van der Waals surface area contributed by atoms with Gasteiger partial charge in [0.25, 0.3) is 0 Å². The minimum absolute atomic E-state index is 0.345. The molecule has 0 N–H and O–H groups in total. The Labute approximate surface area is 109 Å². The van der Waals surface area contributed by atoms with Crippen LogP contribution in [0.3, 0.4) is 0 Å². The zero-order valence-corrected chi connectivity index (χ0v) is 11.4. The fourth-order valence-electron chi connectivity index (χ4n) is 1.98. The van der Waals surface area contributed by atoms with Crippen molar-refractivity contribution in [1.82, 2.24) is 4.98 Å². The molecule has 2 heterocycles. The largest absolute Gasteiger partial charge is 0.461 e. The van der Waals surface area contributed by atoms with Crippen molar-refractivity contribution in [3.8, 4) is 0 Å². The molecule has 5 heteroatoms. The van der Waals surface area contributed by atoms with Crippen LogP contribution in [0.15, 0.2) is 16.7 Å². The Morgan fingerprint density at radius 2 is 2.24 bits per heavy atom. The molecule has 0 bridgehead atoms. The topological polar surface area (TPSA) is 42.4 Å². The third-order valence-electron chi connectivity index (χ3n) is 2.75. The van der Waals surface area contributed by atoms with Crippen LogP contribution in [0.1, 0.15) is 30.3 Å². The van der Waals surface area contributed by atoms with Crippen molar-refractivity contribution in [3.63, 3.8) is 0 Å². The van der Waals surface area contributed by atoms with Crippen molar-refractivity contribution in [1.29, 1.82) is 0 Å². The Balaban J connectivity index is 2.33. The first-order valence-electron chi connectivity index (χ1n) is 5.80. The number of nitrogens with zero attached hydrogens (tertiary/aromatic N) is 2. The number of halogens is 1. The average molecular weight is 299 g/mol. The summed E-state index contributed by atoms with van der Waals surface area (Å²) in [5, 5.41) is 0. The number of rotatable bonds is 3. The van der Waals surface area contributed by atoms with Crippen LogP contribution in [0.25, 0.3) is 0 Å². The first kappa shape index (κ1) is 12.4. The summed E-state index contributed by atoms with van der Waals surface area (Å²) in [6, 6.07) is 1.94. The molecular weight excluding hydrogens is 284 g/mol. The van der Waals surface area contributed by atoms with E-state index in [-0.39, 0.29) is 5.97 Å². The van der Waals surface area contributed by atoms with Crippen molar-refractivity contribution in [3.05, 3.63) is 22.4 Å². The van der Waals surface area contributed by atoms with Gasteiger partial charge in [-0.05, 0) is 41.8 Å². The highest BCUT2D eigenvalue weighted by molar-refractivity contribution is 9.10. The molecule has 0 atom stereocenters. The van der Waals surface area contributed by atoms with E-state index in [2.05, 4.69) is 25.8 Å². The molecule has 1 aromatic rings. The van der Waals surface area contributed by atoms with Gasteiger partial charge in [-0.1, -0.05) is 0 Å². The van der Waals surface area contributed by atoms with E-state index >= 15 is 0 Å². The quantitative estimate of drug-likeness (QED) is 0.805. The van der Waals surface area contributed by atoms with Crippen LogP contribution in [-0.4, -0.2) is 30.6 Å². The number of pyridine rings is 1. The second kappa shape index (κ2) is 5.49. The summed E-state index contributed by atoms with van der Waals surface area (Å²) in [6.07, 6.45) is 3.95. The minimum atomic E-state index is -0.345. The van der Waals surface area contributed by atoms with Crippen molar-refractivity contribution in [2.24, 2.45) is 0 Å². The molecule has 1 aliphatic rings. The van der Waals surface area contributed by atoms with Crippen molar-refractivity contribution in [2.75, 3.05) is 24.6 Å². The molecule has 0 saturated carbocycles. The van der Waals surface area contributed by atoms with Crippen LogP contribution < -0.4 is 4.90 Å². The van der Waals surface area contributed by atoms with E-state index in [0.29, 0.717) is 12.3 Å². The highest BCUT2D eigenvalue weighted by Crippen LogP contribution is 2.26. The lowest BCUT2D eigenvalue weighted by Crippen LogP contribution is -2.22. The first-order chi connectivity index (χ1) is 8.22. The van der Waals surface area contributed by atoms with Crippen molar-refractivity contribution >= 4 is 27.6 Å². The summed E-state index contributed by atoms with van der Waals surface area (Å²) in [5.74, 6) is -0.345. The Bertz CT molecular complexity index is 417. The van der Waals surface area contributed by atoms with Gasteiger partial charge in [-0.25, -0.2) is 9.78 Å². The number of ether oxygens (including phenoxy) is 1. The van der Waals surface area contributed by atoms with Crippen LogP contribution in [0.5, 0.6) is 0 Å². The van der Waals surface area contributed by atoms with E-state index in [1.165, 1.54) is 0 Å². The molecule has 0 unspecified atom stereocenters. The Morgan fingerprint density at radius 3 is 2.88 bits per heavy atom. The van der Waals surface area contributed by atoms with Gasteiger partial charge in [-0.15, -0.1) is 0 Å². The molecule has 2 rings (SSSR count). The maximum absolute atomic E-state index is 11.8. The van der Waals surface area contributed by atoms with Crippen LogP contribution in [-0.2, 0) is 4.74 Å². The summed E-state index contributed by atoms with van der Waals surface area (Å²) < 4.78 is 5.91. The molecule has 1 saturated heterocycles. The van der Waals surface area contributed by atoms with Crippen LogP contribution >= 0.6 is 15.9 Å². The molecule has 1 aromatic heterocycles. The molecule has 92 valence electrons. The Hall–Kier alpha value is -1.10. The second-order valence-electron chi connectivity index (χ2n) is 3.94. The molecule has 0 spiro atoms. The van der Waals surface area contributed by atoms with Gasteiger partial charge >= 0.3 is 5.97 Å². The fourth-order valence-corrected chi connectivity index (χ4v) is 2.30. The fraction of sp³-hybridized carbons (Fsp3) is 0.500. The van der Waals surface area contributed by atoms with E-state index in [4.69, 9.17) is 4.74 Å². The molecule has 0 aromatic carbocycles. The summed E-state index contributed by atoms with van der Waals surface area (Å²) in [6.45, 7) is 4.12. The van der Waals surface area contributed by atoms with E-state index in [1.54, 1.807) is 13.1 Å². The lowest BCUT2D eigenvalue weighted by Gasteiger charge is -2.20. The summed E-state index contributed by atoms with van der Waals surface area (Å²) in [7, 11) is 0. The van der Waals surface area contributed by atoms with Gasteiger partial charge in [0, 0.05) is 23.8 Å². The molecule has 1 fully saturated rings. The number of carbonyl (C=O) groups is 1. The standard InChI is InChI=1S/C12H15BrN2O2/c1-2-17-12(16)11-10(7-9(13)8-14-11)15-5-3-4-6-15/h7-8H,2-6H2,1H3. The molecule has 0 aliphatic carbocycles. The van der Waals surface area contributed by atoms with Gasteiger partial charge in [-0.2, -0.15) is 0 Å². The lowest BCUT2D eigenvalue weighted by atomic mass is 10.2. The lowest BCUT2D eigenvalue weighted by molar-refractivity contribution is 0.0520. The van der Waals surface area contributed by atoms with Crippen LogP contribution in [0.2, 0.25) is 0 Å². The third kappa shape index (κ3) is 2.77.